The molecule has 1 saturated heterocycles. The highest BCUT2D eigenvalue weighted by Crippen LogP contribution is 2.17. The van der Waals surface area contributed by atoms with E-state index in [1.165, 1.54) is 10.6 Å². The average molecular weight is 315 g/mol. The molecule has 118 valence electrons. The van der Waals surface area contributed by atoms with Gasteiger partial charge in [0.15, 0.2) is 0 Å². The third kappa shape index (κ3) is 3.62. The van der Waals surface area contributed by atoms with Crippen molar-refractivity contribution in [2.24, 2.45) is 0 Å². The van der Waals surface area contributed by atoms with Crippen LogP contribution in [0.3, 0.4) is 0 Å². The zero-order valence-corrected chi connectivity index (χ0v) is 13.4. The number of rotatable bonds is 4. The molecule has 7 nitrogen and oxygen atoms in total. The average Bonchev–Trinajstić information content (AvgIpc) is 2.79. The number of hydrogen-bond acceptors (Lipinski definition) is 5. The van der Waals surface area contributed by atoms with Crippen LogP contribution in [0.25, 0.3) is 0 Å². The second kappa shape index (κ2) is 6.15. The first kappa shape index (κ1) is 16.0. The van der Waals surface area contributed by atoms with Gasteiger partial charge in [0.25, 0.3) is 5.91 Å². The van der Waals surface area contributed by atoms with Crippen molar-refractivity contribution in [2.75, 3.05) is 19.3 Å². The Hall–Kier alpha value is -1.41. The van der Waals surface area contributed by atoms with Gasteiger partial charge in [-0.05, 0) is 26.2 Å². The molecule has 1 amide bonds. The van der Waals surface area contributed by atoms with E-state index in [-0.39, 0.29) is 11.9 Å². The quantitative estimate of drug-likeness (QED) is 0.883. The molecule has 8 heteroatoms. The lowest BCUT2D eigenvalue weighted by molar-refractivity contribution is 0.0919. The van der Waals surface area contributed by atoms with Crippen molar-refractivity contribution in [1.82, 2.24) is 14.8 Å². The van der Waals surface area contributed by atoms with E-state index >= 15 is 0 Å². The topological polar surface area (TPSA) is 92.5 Å². The fraction of sp³-hybridized carbons (Fsp3) is 0.692. The Labute approximate surface area is 124 Å². The Kier molecular flexibility index (Phi) is 4.67. The number of aromatic nitrogens is 1. The summed E-state index contributed by atoms with van der Waals surface area (Å²) in [6.07, 6.45) is 3.31. The second-order valence-electron chi connectivity index (χ2n) is 5.35. The van der Waals surface area contributed by atoms with Gasteiger partial charge >= 0.3 is 0 Å². The third-order valence-electron chi connectivity index (χ3n) is 3.68. The Morgan fingerprint density at radius 2 is 2.24 bits per heavy atom. The monoisotopic (exact) mass is 315 g/mol. The number of nitrogens with zero attached hydrogens (tertiary/aromatic N) is 2. The summed E-state index contributed by atoms with van der Waals surface area (Å²) in [6.45, 7) is 4.43. The zero-order chi connectivity index (χ0) is 15.6. The maximum Gasteiger partial charge on any atom is 0.257 e. The number of hydrogen-bond donors (Lipinski definition) is 1. The lowest BCUT2D eigenvalue weighted by Crippen LogP contribution is -2.49. The molecule has 1 aliphatic rings. The molecule has 1 aromatic heterocycles. The summed E-state index contributed by atoms with van der Waals surface area (Å²) in [4.78, 5) is 12.4. The number of nitrogens with one attached hydrogen (secondary N) is 1. The van der Waals surface area contributed by atoms with Crippen LogP contribution in [0, 0.1) is 6.92 Å². The smallest absolute Gasteiger partial charge is 0.257 e. The third-order valence-corrected chi connectivity index (χ3v) is 4.95. The van der Waals surface area contributed by atoms with Crippen LogP contribution in [0.15, 0.2) is 4.52 Å². The summed E-state index contributed by atoms with van der Waals surface area (Å²) in [6, 6.07) is -0.181. The minimum absolute atomic E-state index is 0.181. The number of piperidine rings is 1. The van der Waals surface area contributed by atoms with E-state index in [1.54, 1.807) is 6.92 Å². The summed E-state index contributed by atoms with van der Waals surface area (Å²) in [5, 5.41) is 6.75. The lowest BCUT2D eigenvalue weighted by atomic mass is 10.1. The molecule has 1 unspecified atom stereocenters. The maximum atomic E-state index is 12.4. The Balaban J connectivity index is 2.07. The van der Waals surface area contributed by atoms with Crippen molar-refractivity contribution in [3.8, 4) is 0 Å². The van der Waals surface area contributed by atoms with E-state index in [9.17, 15) is 13.2 Å². The normalized spacial score (nSPS) is 20.4. The first-order valence-corrected chi connectivity index (χ1v) is 8.89. The van der Waals surface area contributed by atoms with Crippen LogP contribution in [0.1, 0.15) is 41.6 Å². The molecular formula is C13H21N3O4S. The van der Waals surface area contributed by atoms with Crippen LogP contribution in [-0.2, 0) is 16.4 Å². The second-order valence-corrected chi connectivity index (χ2v) is 7.33. The van der Waals surface area contributed by atoms with Crippen molar-refractivity contribution in [2.45, 2.75) is 39.2 Å². The van der Waals surface area contributed by atoms with Gasteiger partial charge in [-0.2, -0.15) is 0 Å². The molecule has 0 radical (unpaired) electrons. The molecule has 0 aliphatic carbocycles. The first-order chi connectivity index (χ1) is 9.82. The first-order valence-electron chi connectivity index (χ1n) is 7.04. The van der Waals surface area contributed by atoms with Crippen molar-refractivity contribution in [1.29, 1.82) is 0 Å². The number of carbonyl (C=O) groups excluding carboxylic acids is 1. The van der Waals surface area contributed by atoms with Crippen molar-refractivity contribution < 1.29 is 17.7 Å². The summed E-state index contributed by atoms with van der Waals surface area (Å²) in [5.74, 6) is 0.242. The molecular weight excluding hydrogens is 294 g/mol. The van der Waals surface area contributed by atoms with Gasteiger partial charge in [0, 0.05) is 19.1 Å². The fourth-order valence-electron chi connectivity index (χ4n) is 2.57. The molecule has 1 aromatic rings. The Morgan fingerprint density at radius 1 is 1.52 bits per heavy atom. The van der Waals surface area contributed by atoms with Crippen LogP contribution in [0.4, 0.5) is 0 Å². The van der Waals surface area contributed by atoms with Gasteiger partial charge in [-0.25, -0.2) is 12.7 Å². The van der Waals surface area contributed by atoms with E-state index in [0.29, 0.717) is 36.5 Å². The molecule has 2 rings (SSSR count). The number of aryl methyl sites for hydroxylation is 2. The van der Waals surface area contributed by atoms with E-state index in [0.717, 1.165) is 12.8 Å². The highest BCUT2D eigenvalue weighted by Gasteiger charge is 2.28. The molecule has 1 N–H and O–H groups in total. The number of sulfonamides is 1. The largest absolute Gasteiger partial charge is 0.361 e. The van der Waals surface area contributed by atoms with Crippen molar-refractivity contribution >= 4 is 15.9 Å². The molecule has 2 heterocycles. The highest BCUT2D eigenvalue weighted by atomic mass is 32.2. The van der Waals surface area contributed by atoms with Gasteiger partial charge in [-0.1, -0.05) is 12.1 Å². The van der Waals surface area contributed by atoms with E-state index in [1.807, 2.05) is 6.92 Å². The minimum atomic E-state index is -3.22. The Morgan fingerprint density at radius 3 is 2.86 bits per heavy atom. The summed E-state index contributed by atoms with van der Waals surface area (Å²) >= 11 is 0. The van der Waals surface area contributed by atoms with Crippen LogP contribution in [0.5, 0.6) is 0 Å². The molecule has 0 spiro atoms. The molecule has 0 aromatic carbocycles. The van der Waals surface area contributed by atoms with Crippen LogP contribution >= 0.6 is 0 Å². The highest BCUT2D eigenvalue weighted by molar-refractivity contribution is 7.88. The molecule has 1 atom stereocenters. The Bertz CT molecular complexity index is 623. The van der Waals surface area contributed by atoms with E-state index < -0.39 is 10.0 Å². The van der Waals surface area contributed by atoms with E-state index in [2.05, 4.69) is 10.5 Å². The standard InChI is InChI=1S/C13H21N3O4S/c1-4-11-12(9(2)20-15-11)13(17)14-10-6-5-7-16(8-10)21(3,18)19/h10H,4-8H2,1-3H3,(H,14,17). The predicted octanol–water partition coefficient (Wildman–Crippen LogP) is 0.699. The fourth-order valence-corrected chi connectivity index (χ4v) is 3.48. The predicted molar refractivity (Wildman–Crippen MR) is 77.5 cm³/mol. The van der Waals surface area contributed by atoms with Crippen LogP contribution < -0.4 is 5.32 Å². The van der Waals surface area contributed by atoms with Gasteiger partial charge in [0.05, 0.1) is 11.9 Å². The van der Waals surface area contributed by atoms with Gasteiger partial charge in [-0.15, -0.1) is 0 Å². The molecule has 1 aliphatic heterocycles. The van der Waals surface area contributed by atoms with Gasteiger partial charge < -0.3 is 9.84 Å². The molecule has 0 bridgehead atoms. The van der Waals surface area contributed by atoms with Crippen molar-refractivity contribution in [3.05, 3.63) is 17.0 Å². The lowest BCUT2D eigenvalue weighted by Gasteiger charge is -2.31. The van der Waals surface area contributed by atoms with Crippen LogP contribution in [0.2, 0.25) is 0 Å². The number of amides is 1. The zero-order valence-electron chi connectivity index (χ0n) is 12.5. The minimum Gasteiger partial charge on any atom is -0.361 e. The van der Waals surface area contributed by atoms with E-state index in [4.69, 9.17) is 4.52 Å². The van der Waals surface area contributed by atoms with Gasteiger partial charge in [0.2, 0.25) is 10.0 Å². The van der Waals surface area contributed by atoms with Crippen LogP contribution in [-0.4, -0.2) is 49.2 Å². The molecule has 0 saturated carbocycles. The summed E-state index contributed by atoms with van der Waals surface area (Å²) in [5.41, 5.74) is 1.09. The molecule has 21 heavy (non-hydrogen) atoms. The van der Waals surface area contributed by atoms with Gasteiger partial charge in [-0.3, -0.25) is 4.79 Å². The number of carbonyl (C=O) groups is 1. The van der Waals surface area contributed by atoms with Crippen molar-refractivity contribution in [3.63, 3.8) is 0 Å². The maximum absolute atomic E-state index is 12.4. The molecule has 1 fully saturated rings. The SMILES string of the molecule is CCc1noc(C)c1C(=O)NC1CCCN(S(C)(=O)=O)C1. The van der Waals surface area contributed by atoms with Gasteiger partial charge in [0.1, 0.15) is 11.3 Å². The summed E-state index contributed by atoms with van der Waals surface area (Å²) < 4.78 is 29.6. The summed E-state index contributed by atoms with van der Waals surface area (Å²) in [7, 11) is -3.22.